The first-order chi connectivity index (χ1) is 8.84. The van der Waals surface area contributed by atoms with Crippen LogP contribution in [0.25, 0.3) is 30.9 Å². The number of fused-ring (bicyclic) bond motifs is 5. The number of aromatic hydroxyl groups is 1. The third-order valence-electron chi connectivity index (χ3n) is 3.36. The molecule has 1 N–H and O–H groups in total. The Labute approximate surface area is 108 Å². The molecule has 0 radical (unpaired) electrons. The monoisotopic (exact) mass is 250 g/mol. The Morgan fingerprint density at radius 2 is 1.61 bits per heavy atom. The van der Waals surface area contributed by atoms with Gasteiger partial charge in [0.25, 0.3) is 0 Å². The third-order valence-corrected chi connectivity index (χ3v) is 4.50. The molecule has 3 aromatic carbocycles. The molecule has 1 heterocycles. The first-order valence-corrected chi connectivity index (χ1v) is 6.68. The van der Waals surface area contributed by atoms with Gasteiger partial charge in [0.05, 0.1) is 0 Å². The van der Waals surface area contributed by atoms with Crippen LogP contribution in [-0.2, 0) is 0 Å². The SMILES string of the molecule is Oc1cccc2ccc3sc4ccccc4c3c12. The Bertz CT molecular complexity index is 889. The zero-order chi connectivity index (χ0) is 12.1. The van der Waals surface area contributed by atoms with E-state index in [1.54, 1.807) is 17.4 Å². The van der Waals surface area contributed by atoms with E-state index in [1.165, 1.54) is 20.2 Å². The fourth-order valence-corrected chi connectivity index (χ4v) is 3.69. The molecule has 0 unspecified atom stereocenters. The fourth-order valence-electron chi connectivity index (χ4n) is 2.57. The summed E-state index contributed by atoms with van der Waals surface area (Å²) in [6.07, 6.45) is 0. The minimum Gasteiger partial charge on any atom is -0.507 e. The van der Waals surface area contributed by atoms with Crippen LogP contribution in [0.5, 0.6) is 5.75 Å². The Hall–Kier alpha value is -2.06. The van der Waals surface area contributed by atoms with Gasteiger partial charge in [0.15, 0.2) is 0 Å². The zero-order valence-electron chi connectivity index (χ0n) is 9.55. The van der Waals surface area contributed by atoms with Crippen LogP contribution in [0.1, 0.15) is 0 Å². The van der Waals surface area contributed by atoms with Crippen LogP contribution in [0.3, 0.4) is 0 Å². The molecule has 0 aliphatic heterocycles. The number of benzene rings is 3. The summed E-state index contributed by atoms with van der Waals surface area (Å²) in [4.78, 5) is 0. The Morgan fingerprint density at radius 3 is 2.56 bits per heavy atom. The molecule has 86 valence electrons. The molecule has 4 rings (SSSR count). The van der Waals surface area contributed by atoms with E-state index < -0.39 is 0 Å². The number of phenols is 1. The molecule has 0 amide bonds. The van der Waals surface area contributed by atoms with Crippen LogP contribution in [-0.4, -0.2) is 5.11 Å². The summed E-state index contributed by atoms with van der Waals surface area (Å²) in [7, 11) is 0. The molecule has 4 aromatic rings. The topological polar surface area (TPSA) is 20.2 Å². The summed E-state index contributed by atoms with van der Waals surface area (Å²) in [5, 5.41) is 14.6. The summed E-state index contributed by atoms with van der Waals surface area (Å²) in [6.45, 7) is 0. The Morgan fingerprint density at radius 1 is 0.722 bits per heavy atom. The second-order valence-electron chi connectivity index (χ2n) is 4.41. The van der Waals surface area contributed by atoms with Gasteiger partial charge in [-0.3, -0.25) is 0 Å². The number of thiophene rings is 1. The van der Waals surface area contributed by atoms with Crippen molar-refractivity contribution >= 4 is 42.3 Å². The van der Waals surface area contributed by atoms with Gasteiger partial charge in [-0.25, -0.2) is 0 Å². The molecule has 0 bridgehead atoms. The van der Waals surface area contributed by atoms with E-state index in [9.17, 15) is 5.11 Å². The molecule has 0 atom stereocenters. The van der Waals surface area contributed by atoms with Gasteiger partial charge in [0, 0.05) is 25.6 Å². The number of rotatable bonds is 0. The second kappa shape index (κ2) is 3.47. The van der Waals surface area contributed by atoms with Crippen LogP contribution in [0.2, 0.25) is 0 Å². The highest BCUT2D eigenvalue weighted by Gasteiger charge is 2.10. The molecular weight excluding hydrogens is 240 g/mol. The predicted molar refractivity (Wildman–Crippen MR) is 78.5 cm³/mol. The molecule has 0 fully saturated rings. The van der Waals surface area contributed by atoms with Gasteiger partial charge in [-0.2, -0.15) is 0 Å². The molecule has 2 heteroatoms. The highest BCUT2D eigenvalue weighted by Crippen LogP contribution is 2.41. The number of hydrogen-bond donors (Lipinski definition) is 1. The summed E-state index contributed by atoms with van der Waals surface area (Å²) < 4.78 is 2.49. The Kier molecular flexibility index (Phi) is 1.91. The molecule has 0 spiro atoms. The summed E-state index contributed by atoms with van der Waals surface area (Å²) in [5.41, 5.74) is 0. The van der Waals surface area contributed by atoms with Crippen molar-refractivity contribution in [2.75, 3.05) is 0 Å². The van der Waals surface area contributed by atoms with Gasteiger partial charge in [0.2, 0.25) is 0 Å². The lowest BCUT2D eigenvalue weighted by atomic mass is 10.0. The maximum Gasteiger partial charge on any atom is 0.124 e. The van der Waals surface area contributed by atoms with Crippen molar-refractivity contribution < 1.29 is 5.11 Å². The van der Waals surface area contributed by atoms with Crippen LogP contribution >= 0.6 is 11.3 Å². The van der Waals surface area contributed by atoms with Gasteiger partial charge in [-0.15, -0.1) is 11.3 Å². The lowest BCUT2D eigenvalue weighted by Gasteiger charge is -2.02. The molecule has 0 saturated heterocycles. The molecule has 18 heavy (non-hydrogen) atoms. The maximum atomic E-state index is 10.2. The highest BCUT2D eigenvalue weighted by atomic mass is 32.1. The third kappa shape index (κ3) is 1.21. The first kappa shape index (κ1) is 9.92. The van der Waals surface area contributed by atoms with E-state index in [0.29, 0.717) is 5.75 Å². The lowest BCUT2D eigenvalue weighted by molar-refractivity contribution is 0.482. The van der Waals surface area contributed by atoms with E-state index in [1.807, 2.05) is 18.2 Å². The summed E-state index contributed by atoms with van der Waals surface area (Å²) in [5.74, 6) is 0.363. The standard InChI is InChI=1S/C16H10OS/c17-12-6-3-4-10-8-9-14-16(15(10)12)11-5-1-2-7-13(11)18-14/h1-9,17H. The van der Waals surface area contributed by atoms with Crippen molar-refractivity contribution in [3.63, 3.8) is 0 Å². The molecular formula is C16H10OS. The summed E-state index contributed by atoms with van der Waals surface area (Å²) in [6, 6.07) is 18.3. The average Bonchev–Trinajstić information content (AvgIpc) is 2.77. The van der Waals surface area contributed by atoms with E-state index in [2.05, 4.69) is 30.3 Å². The first-order valence-electron chi connectivity index (χ1n) is 5.86. The van der Waals surface area contributed by atoms with Gasteiger partial charge < -0.3 is 5.11 Å². The minimum atomic E-state index is 0.363. The van der Waals surface area contributed by atoms with E-state index >= 15 is 0 Å². The minimum absolute atomic E-state index is 0.363. The van der Waals surface area contributed by atoms with Gasteiger partial charge in [-0.05, 0) is 23.6 Å². The smallest absolute Gasteiger partial charge is 0.124 e. The molecule has 1 nitrogen and oxygen atoms in total. The lowest BCUT2D eigenvalue weighted by Crippen LogP contribution is -1.75. The molecule has 1 aromatic heterocycles. The Balaban J connectivity index is 2.40. The molecule has 0 saturated carbocycles. The van der Waals surface area contributed by atoms with Crippen LogP contribution in [0.4, 0.5) is 0 Å². The van der Waals surface area contributed by atoms with Crippen molar-refractivity contribution in [1.82, 2.24) is 0 Å². The second-order valence-corrected chi connectivity index (χ2v) is 5.50. The van der Waals surface area contributed by atoms with Crippen molar-refractivity contribution in [2.45, 2.75) is 0 Å². The largest absolute Gasteiger partial charge is 0.507 e. The van der Waals surface area contributed by atoms with Gasteiger partial charge in [-0.1, -0.05) is 36.4 Å². The van der Waals surface area contributed by atoms with Crippen molar-refractivity contribution in [3.05, 3.63) is 54.6 Å². The number of phenolic OH excluding ortho intramolecular Hbond substituents is 1. The molecule has 0 aliphatic rings. The average molecular weight is 250 g/mol. The maximum absolute atomic E-state index is 10.2. The van der Waals surface area contributed by atoms with E-state index in [0.717, 1.165) is 10.8 Å². The van der Waals surface area contributed by atoms with Crippen LogP contribution in [0, 0.1) is 0 Å². The van der Waals surface area contributed by atoms with Crippen molar-refractivity contribution in [2.24, 2.45) is 0 Å². The van der Waals surface area contributed by atoms with Crippen LogP contribution in [0.15, 0.2) is 54.6 Å². The highest BCUT2D eigenvalue weighted by molar-refractivity contribution is 7.26. The predicted octanol–water partition coefficient (Wildman–Crippen LogP) is 4.91. The zero-order valence-corrected chi connectivity index (χ0v) is 10.4. The number of hydrogen-bond acceptors (Lipinski definition) is 2. The normalized spacial score (nSPS) is 11.6. The van der Waals surface area contributed by atoms with E-state index in [-0.39, 0.29) is 0 Å². The van der Waals surface area contributed by atoms with E-state index in [4.69, 9.17) is 0 Å². The van der Waals surface area contributed by atoms with Crippen molar-refractivity contribution in [1.29, 1.82) is 0 Å². The summed E-state index contributed by atoms with van der Waals surface area (Å²) >= 11 is 1.77. The van der Waals surface area contributed by atoms with Gasteiger partial charge in [0.1, 0.15) is 5.75 Å². The molecule has 0 aliphatic carbocycles. The quantitative estimate of drug-likeness (QED) is 0.470. The fraction of sp³-hybridized carbons (Fsp3) is 0. The van der Waals surface area contributed by atoms with Crippen molar-refractivity contribution in [3.8, 4) is 5.75 Å². The van der Waals surface area contributed by atoms with Gasteiger partial charge >= 0.3 is 0 Å². The van der Waals surface area contributed by atoms with Crippen LogP contribution < -0.4 is 0 Å².